The highest BCUT2D eigenvalue weighted by Gasteiger charge is 2.51. The number of nitrogens with one attached hydrogen (secondary N) is 1. The van der Waals surface area contributed by atoms with Gasteiger partial charge in [-0.1, -0.05) is 38.1 Å². The highest BCUT2D eigenvalue weighted by molar-refractivity contribution is 7.81. The van der Waals surface area contributed by atoms with Crippen molar-refractivity contribution in [1.29, 1.82) is 5.26 Å². The number of aryl methyl sites for hydroxylation is 1. The summed E-state index contributed by atoms with van der Waals surface area (Å²) in [5.74, 6) is 0.0284. The third kappa shape index (κ3) is 12.1. The molecule has 0 saturated carbocycles. The van der Waals surface area contributed by atoms with Crippen LogP contribution >= 0.6 is 23.6 Å². The topological polar surface area (TPSA) is 175 Å². The first kappa shape index (κ1) is 53.4. The average molecular weight is 1030 g/mol. The van der Waals surface area contributed by atoms with E-state index in [2.05, 4.69) is 15.4 Å². The number of aliphatic hydroxyl groups excluding tert-OH is 1. The molecule has 0 aliphatic carbocycles. The lowest BCUT2D eigenvalue weighted by molar-refractivity contribution is -0.142. The van der Waals surface area contributed by atoms with Crippen LogP contribution in [-0.2, 0) is 25.3 Å². The molecule has 382 valence electrons. The number of halogens is 3. The lowest BCUT2D eigenvalue weighted by Gasteiger charge is -2.30. The second kappa shape index (κ2) is 23.0. The number of ether oxygens (including phenoxy) is 3. The van der Waals surface area contributed by atoms with Crippen LogP contribution in [0.3, 0.4) is 0 Å². The molecule has 15 nitrogen and oxygen atoms in total. The van der Waals surface area contributed by atoms with E-state index >= 15 is 0 Å². The van der Waals surface area contributed by atoms with Crippen LogP contribution in [0, 0.1) is 24.2 Å². The molecule has 0 radical (unpaired) electrons. The number of thiocarbonyl (C=S) groups is 1. The molecule has 2 aliphatic heterocycles. The highest BCUT2D eigenvalue weighted by Crippen LogP contribution is 2.40. The Hall–Kier alpha value is -6.40. The maximum atomic E-state index is 14.1. The first-order valence-corrected chi connectivity index (χ1v) is 25.2. The largest absolute Gasteiger partial charge is 0.493 e. The maximum Gasteiger partial charge on any atom is 0.417 e. The van der Waals surface area contributed by atoms with Crippen molar-refractivity contribution in [3.05, 3.63) is 107 Å². The number of nitriles is 1. The minimum Gasteiger partial charge on any atom is -0.493 e. The second-order valence-corrected chi connectivity index (χ2v) is 19.9. The molecule has 2 aliphatic rings. The SMILES string of the molecule is Cc1ncsc1-c1ccc([C@H](C)NC(=O)[C@@H]2CCCN2C(=O)C(C(C)C)n2cc(OCCCOCCC(O)CCOc3ccc(N4C(=S)N(c5ccc(C#N)c(C(F)(F)F)c5)C(=O)C4(C)C)cc3)cn2)cc1. The number of alkyl halides is 3. The Balaban J connectivity index is 0.800. The van der Waals surface area contributed by atoms with E-state index in [-0.39, 0.29) is 41.2 Å². The zero-order valence-electron chi connectivity index (χ0n) is 41.0. The summed E-state index contributed by atoms with van der Waals surface area (Å²) in [6.45, 7) is 12.8. The molecule has 4 atom stereocenters. The summed E-state index contributed by atoms with van der Waals surface area (Å²) in [6, 6.07) is 18.0. The highest BCUT2D eigenvalue weighted by atomic mass is 32.1. The smallest absolute Gasteiger partial charge is 0.417 e. The van der Waals surface area contributed by atoms with Gasteiger partial charge in [0.15, 0.2) is 10.9 Å². The number of thiazole rings is 1. The summed E-state index contributed by atoms with van der Waals surface area (Å²) >= 11 is 7.22. The van der Waals surface area contributed by atoms with Gasteiger partial charge in [-0.2, -0.15) is 23.5 Å². The average Bonchev–Trinajstić information content (AvgIpc) is 4.16. The predicted octanol–water partition coefficient (Wildman–Crippen LogP) is 9.19. The minimum absolute atomic E-state index is 0.0182. The molecular formula is C52H59F3N8O7S2. The van der Waals surface area contributed by atoms with Crippen molar-refractivity contribution in [1.82, 2.24) is 25.0 Å². The molecule has 72 heavy (non-hydrogen) atoms. The van der Waals surface area contributed by atoms with E-state index in [1.807, 2.05) is 57.5 Å². The number of anilines is 2. The second-order valence-electron chi connectivity index (χ2n) is 18.7. The van der Waals surface area contributed by atoms with Crippen molar-refractivity contribution in [2.45, 2.75) is 110 Å². The number of aliphatic hydroxyl groups is 1. The van der Waals surface area contributed by atoms with Gasteiger partial charge < -0.3 is 34.4 Å². The van der Waals surface area contributed by atoms with Crippen molar-refractivity contribution in [3.8, 4) is 28.0 Å². The zero-order valence-corrected chi connectivity index (χ0v) is 42.7. The Bertz CT molecular complexity index is 2760. The van der Waals surface area contributed by atoms with Gasteiger partial charge in [0.2, 0.25) is 11.8 Å². The van der Waals surface area contributed by atoms with Crippen molar-refractivity contribution in [3.63, 3.8) is 0 Å². The normalized spacial score (nSPS) is 17.0. The first-order valence-electron chi connectivity index (χ1n) is 23.9. The van der Waals surface area contributed by atoms with E-state index in [1.54, 1.807) is 82.4 Å². The van der Waals surface area contributed by atoms with Crippen LogP contribution in [-0.4, -0.2) is 98.3 Å². The fraction of sp³-hybridized carbons (Fsp3) is 0.442. The predicted molar refractivity (Wildman–Crippen MR) is 271 cm³/mol. The quantitative estimate of drug-likeness (QED) is 0.0528. The molecule has 2 saturated heterocycles. The summed E-state index contributed by atoms with van der Waals surface area (Å²) < 4.78 is 60.3. The van der Waals surface area contributed by atoms with E-state index in [4.69, 9.17) is 26.4 Å². The van der Waals surface area contributed by atoms with Crippen LogP contribution in [0.15, 0.2) is 84.6 Å². The Morgan fingerprint density at radius 3 is 2.35 bits per heavy atom. The molecular weight excluding hydrogens is 970 g/mol. The van der Waals surface area contributed by atoms with Gasteiger partial charge in [0, 0.05) is 38.3 Å². The van der Waals surface area contributed by atoms with Crippen molar-refractivity contribution >= 4 is 57.8 Å². The fourth-order valence-electron chi connectivity index (χ4n) is 8.90. The van der Waals surface area contributed by atoms with Crippen molar-refractivity contribution in [2.75, 3.05) is 42.8 Å². The van der Waals surface area contributed by atoms with Gasteiger partial charge in [-0.15, -0.1) is 11.3 Å². The van der Waals surface area contributed by atoms with Crippen LogP contribution in [0.25, 0.3) is 10.4 Å². The summed E-state index contributed by atoms with van der Waals surface area (Å²) in [6.07, 6.45) is 0.403. The van der Waals surface area contributed by atoms with Crippen LogP contribution in [0.2, 0.25) is 0 Å². The molecule has 20 heteroatoms. The fourth-order valence-corrected chi connectivity index (χ4v) is 10.2. The molecule has 3 amide bonds. The van der Waals surface area contributed by atoms with Gasteiger partial charge in [0.25, 0.3) is 5.91 Å². The maximum absolute atomic E-state index is 14.1. The Morgan fingerprint density at radius 1 is 0.986 bits per heavy atom. The number of rotatable bonds is 21. The molecule has 5 aromatic rings. The number of carbonyl (C=O) groups excluding carboxylic acids is 3. The van der Waals surface area contributed by atoms with Crippen LogP contribution in [0.1, 0.15) is 101 Å². The molecule has 2 fully saturated rings. The number of carbonyl (C=O) groups is 3. The van der Waals surface area contributed by atoms with E-state index in [0.29, 0.717) is 69.2 Å². The van der Waals surface area contributed by atoms with E-state index < -0.39 is 46.9 Å². The molecule has 0 spiro atoms. The zero-order chi connectivity index (χ0) is 51.9. The Morgan fingerprint density at radius 2 is 1.68 bits per heavy atom. The van der Waals surface area contributed by atoms with Gasteiger partial charge in [0.1, 0.15) is 23.4 Å². The van der Waals surface area contributed by atoms with Gasteiger partial charge in [-0.05, 0) is 119 Å². The van der Waals surface area contributed by atoms with Gasteiger partial charge in [-0.25, -0.2) is 4.98 Å². The molecule has 7 rings (SSSR count). The number of benzene rings is 3. The number of nitrogens with zero attached hydrogens (tertiary/aromatic N) is 7. The Labute approximate surface area is 426 Å². The minimum atomic E-state index is -4.81. The summed E-state index contributed by atoms with van der Waals surface area (Å²) in [5, 5.41) is 27.4. The van der Waals surface area contributed by atoms with Crippen molar-refractivity contribution in [2.24, 2.45) is 5.92 Å². The molecule has 4 heterocycles. The van der Waals surface area contributed by atoms with Crippen LogP contribution in [0.5, 0.6) is 11.5 Å². The molecule has 2 N–H and O–H groups in total. The van der Waals surface area contributed by atoms with E-state index in [0.717, 1.165) is 45.2 Å². The number of hydrogen-bond acceptors (Lipinski definition) is 12. The van der Waals surface area contributed by atoms with Gasteiger partial charge in [-0.3, -0.25) is 24.0 Å². The molecule has 3 aromatic carbocycles. The summed E-state index contributed by atoms with van der Waals surface area (Å²) in [4.78, 5) is 51.0. The number of hydrogen-bond donors (Lipinski definition) is 2. The first-order chi connectivity index (χ1) is 34.3. The summed E-state index contributed by atoms with van der Waals surface area (Å²) in [7, 11) is 0. The standard InChI is InChI=1S/C52H59F3N8O7S2/c1-32(2)45(48(66)60-22-7-9-44(60)47(65)59-33(3)35-10-12-36(13-11-35)46-34(4)57-31-72-46)61-30-42(29-58-61)69-24-8-23-68-25-20-40(64)21-26-70-41-18-16-38(17-19-41)63-50(71)62(49(67)51(63,5)6)39-15-14-37(28-56)43(27-39)52(53,54)55/h10-19,27,29-33,40,44-45,64H,7-9,20-26H2,1-6H3,(H,59,65)/t33-,40?,44-,45?/m0/s1. The lowest BCUT2D eigenvalue weighted by Crippen LogP contribution is -2.49. The molecule has 2 unspecified atom stereocenters. The Kier molecular flexibility index (Phi) is 17.1. The number of aromatic nitrogens is 3. The van der Waals surface area contributed by atoms with Gasteiger partial charge >= 0.3 is 6.18 Å². The monoisotopic (exact) mass is 1030 g/mol. The summed E-state index contributed by atoms with van der Waals surface area (Å²) in [5.41, 5.74) is 2.33. The van der Waals surface area contributed by atoms with E-state index in [1.165, 1.54) is 6.07 Å². The van der Waals surface area contributed by atoms with Crippen molar-refractivity contribution < 1.29 is 46.9 Å². The third-order valence-electron chi connectivity index (χ3n) is 12.8. The van der Waals surface area contributed by atoms with Crippen LogP contribution < -0.4 is 24.6 Å². The molecule has 2 aromatic heterocycles. The number of likely N-dealkylation sites (tertiary alicyclic amines) is 1. The van der Waals surface area contributed by atoms with Crippen LogP contribution in [0.4, 0.5) is 24.5 Å². The number of amides is 3. The third-order valence-corrected chi connectivity index (χ3v) is 14.2. The lowest BCUT2D eigenvalue weighted by atomic mass is 10.0. The van der Waals surface area contributed by atoms with E-state index in [9.17, 15) is 37.9 Å². The molecule has 0 bridgehead atoms. The van der Waals surface area contributed by atoms with Gasteiger partial charge in [0.05, 0.1) is 76.7 Å².